The normalized spacial score (nSPS) is 23.3. The molecule has 0 heterocycles. The summed E-state index contributed by atoms with van der Waals surface area (Å²) in [7, 11) is 1.71. The van der Waals surface area contributed by atoms with Crippen molar-refractivity contribution in [2.45, 2.75) is 96.3 Å². The van der Waals surface area contributed by atoms with Gasteiger partial charge in [-0.25, -0.2) is 0 Å². The van der Waals surface area contributed by atoms with Gasteiger partial charge in [-0.05, 0) is 74.0 Å². The Balaban J connectivity index is 1.74. The Kier molecular flexibility index (Phi) is 7.33. The fourth-order valence-electron chi connectivity index (χ4n) is 6.70. The van der Waals surface area contributed by atoms with Gasteiger partial charge >= 0.3 is 0 Å². The first kappa shape index (κ1) is 24.3. The Bertz CT molecular complexity index is 1080. The molecule has 0 radical (unpaired) electrons. The van der Waals surface area contributed by atoms with Crippen LogP contribution in [-0.4, -0.2) is 7.11 Å². The highest BCUT2D eigenvalue weighted by molar-refractivity contribution is 5.78. The van der Waals surface area contributed by atoms with Gasteiger partial charge < -0.3 is 4.74 Å². The van der Waals surface area contributed by atoms with Gasteiger partial charge in [0.2, 0.25) is 0 Å². The van der Waals surface area contributed by atoms with Gasteiger partial charge in [0.25, 0.3) is 0 Å². The van der Waals surface area contributed by atoms with Crippen LogP contribution in [0.1, 0.15) is 107 Å². The van der Waals surface area contributed by atoms with Crippen LogP contribution in [0.5, 0.6) is 5.75 Å². The van der Waals surface area contributed by atoms with Gasteiger partial charge in [-0.3, -0.25) is 0 Å². The first-order valence-corrected chi connectivity index (χ1v) is 13.2. The smallest absolute Gasteiger partial charge is 0.124 e. The number of unbranched alkanes of at least 4 members (excludes halogenated alkanes) is 2. The van der Waals surface area contributed by atoms with Crippen molar-refractivity contribution < 1.29 is 4.74 Å². The zero-order valence-electron chi connectivity index (χ0n) is 21.2. The molecule has 3 heteroatoms. The summed E-state index contributed by atoms with van der Waals surface area (Å²) in [5.74, 6) is 0.781. The third-order valence-corrected chi connectivity index (χ3v) is 8.78. The van der Waals surface area contributed by atoms with E-state index in [9.17, 15) is 10.5 Å². The van der Waals surface area contributed by atoms with Gasteiger partial charge in [-0.2, -0.15) is 10.5 Å². The van der Waals surface area contributed by atoms with Gasteiger partial charge in [0.1, 0.15) is 17.9 Å². The quantitative estimate of drug-likeness (QED) is 0.358. The Hall–Kier alpha value is -2.78. The minimum Gasteiger partial charge on any atom is -0.496 e. The monoisotopic (exact) mass is 454 g/mol. The third kappa shape index (κ3) is 4.34. The summed E-state index contributed by atoms with van der Waals surface area (Å²) in [5, 5.41) is 20.5. The number of ether oxygens (including phenoxy) is 1. The molecular formula is C31H38N2O. The molecule has 178 valence electrons. The van der Waals surface area contributed by atoms with Crippen LogP contribution in [0.15, 0.2) is 30.3 Å². The summed E-state index contributed by atoms with van der Waals surface area (Å²) in [4.78, 5) is 0. The molecule has 3 saturated carbocycles. The molecule has 0 aliphatic heterocycles. The number of nitriles is 2. The zero-order chi connectivity index (χ0) is 24.2. The van der Waals surface area contributed by atoms with Crippen LogP contribution in [0.4, 0.5) is 0 Å². The van der Waals surface area contributed by atoms with Crippen LogP contribution in [0.3, 0.4) is 0 Å². The van der Waals surface area contributed by atoms with Crippen molar-refractivity contribution in [2.75, 3.05) is 7.11 Å². The molecule has 2 bridgehead atoms. The number of nitrogens with zero attached hydrogens (tertiary/aromatic N) is 2. The lowest BCUT2D eigenvalue weighted by atomic mass is 9.50. The third-order valence-electron chi connectivity index (χ3n) is 8.78. The van der Waals surface area contributed by atoms with E-state index in [2.05, 4.69) is 50.3 Å². The lowest BCUT2D eigenvalue weighted by Gasteiger charge is -2.54. The van der Waals surface area contributed by atoms with Crippen molar-refractivity contribution in [3.05, 3.63) is 52.6 Å². The molecule has 3 aliphatic carbocycles. The molecule has 2 aromatic carbocycles. The average Bonchev–Trinajstić information content (AvgIpc) is 2.89. The van der Waals surface area contributed by atoms with Crippen molar-refractivity contribution in [3.63, 3.8) is 0 Å². The van der Waals surface area contributed by atoms with Gasteiger partial charge in [-0.15, -0.1) is 0 Å². The Morgan fingerprint density at radius 3 is 2.03 bits per heavy atom. The highest BCUT2D eigenvalue weighted by Gasteiger charge is 2.51. The minimum absolute atomic E-state index is 0.0436. The van der Waals surface area contributed by atoms with E-state index in [0.29, 0.717) is 16.5 Å². The summed E-state index contributed by atoms with van der Waals surface area (Å²) in [6.07, 6.45) is 14.4. The number of rotatable bonds is 9. The lowest BCUT2D eigenvalue weighted by Crippen LogP contribution is -2.44. The van der Waals surface area contributed by atoms with Crippen molar-refractivity contribution in [1.82, 2.24) is 0 Å². The molecule has 3 fully saturated rings. The van der Waals surface area contributed by atoms with Crippen LogP contribution < -0.4 is 4.74 Å². The van der Waals surface area contributed by atoms with Crippen LogP contribution >= 0.6 is 0 Å². The van der Waals surface area contributed by atoms with Crippen molar-refractivity contribution in [1.29, 1.82) is 10.5 Å². The van der Waals surface area contributed by atoms with Crippen LogP contribution in [0.2, 0.25) is 0 Å². The van der Waals surface area contributed by atoms with Crippen LogP contribution in [-0.2, 0) is 11.8 Å². The second kappa shape index (κ2) is 10.2. The molecule has 34 heavy (non-hydrogen) atoms. The topological polar surface area (TPSA) is 56.8 Å². The molecule has 3 aliphatic rings. The van der Waals surface area contributed by atoms with E-state index in [1.165, 1.54) is 50.5 Å². The van der Waals surface area contributed by atoms with Crippen molar-refractivity contribution in [2.24, 2.45) is 5.41 Å². The standard InChI is InChI=1S/C31H38N2O/c1-4-6-7-13-30-14-17-31(18-15-30,19-16-30)29-27(22-33)26(21-32)25(20-28(29)34-3)24-11-9-23(8-5-2)10-12-24/h9-12,20H,4-8,13-19H2,1-3H3. The van der Waals surface area contributed by atoms with E-state index < -0.39 is 0 Å². The van der Waals surface area contributed by atoms with E-state index in [1.807, 2.05) is 6.07 Å². The van der Waals surface area contributed by atoms with Crippen molar-refractivity contribution in [3.8, 4) is 29.0 Å². The fourth-order valence-corrected chi connectivity index (χ4v) is 6.70. The molecular weight excluding hydrogens is 416 g/mol. The highest BCUT2D eigenvalue weighted by atomic mass is 16.5. The summed E-state index contributed by atoms with van der Waals surface area (Å²) in [6.45, 7) is 4.45. The minimum atomic E-state index is -0.0436. The largest absolute Gasteiger partial charge is 0.496 e. The molecule has 0 unspecified atom stereocenters. The van der Waals surface area contributed by atoms with E-state index in [4.69, 9.17) is 4.74 Å². The van der Waals surface area contributed by atoms with E-state index in [0.717, 1.165) is 54.5 Å². The van der Waals surface area contributed by atoms with Crippen molar-refractivity contribution >= 4 is 0 Å². The molecule has 2 aromatic rings. The number of hydrogen-bond donors (Lipinski definition) is 0. The van der Waals surface area contributed by atoms with Gasteiger partial charge in [0, 0.05) is 16.5 Å². The Morgan fingerprint density at radius 1 is 0.853 bits per heavy atom. The number of aryl methyl sites for hydroxylation is 1. The second-order valence-electron chi connectivity index (χ2n) is 10.7. The predicted molar refractivity (Wildman–Crippen MR) is 138 cm³/mol. The maximum Gasteiger partial charge on any atom is 0.124 e. The molecule has 0 spiro atoms. The first-order chi connectivity index (χ1) is 16.5. The summed E-state index contributed by atoms with van der Waals surface area (Å²) in [5.41, 5.74) is 5.56. The summed E-state index contributed by atoms with van der Waals surface area (Å²) in [6, 6.07) is 15.3. The molecule has 0 N–H and O–H groups in total. The molecule has 0 amide bonds. The molecule has 3 nitrogen and oxygen atoms in total. The van der Waals surface area contributed by atoms with E-state index >= 15 is 0 Å². The van der Waals surface area contributed by atoms with Gasteiger partial charge in [0.05, 0.1) is 18.2 Å². The average molecular weight is 455 g/mol. The maximum atomic E-state index is 10.3. The van der Waals surface area contributed by atoms with Crippen LogP contribution in [0, 0.1) is 28.1 Å². The van der Waals surface area contributed by atoms with Gasteiger partial charge in [-0.1, -0.05) is 63.8 Å². The summed E-state index contributed by atoms with van der Waals surface area (Å²) < 4.78 is 5.95. The number of methoxy groups -OCH3 is 1. The lowest BCUT2D eigenvalue weighted by molar-refractivity contribution is 0.0293. The number of hydrogen-bond acceptors (Lipinski definition) is 3. The Labute approximate surface area is 205 Å². The molecule has 0 saturated heterocycles. The Morgan fingerprint density at radius 2 is 1.50 bits per heavy atom. The molecule has 5 rings (SSSR count). The fraction of sp³-hybridized carbons (Fsp3) is 0.548. The van der Waals surface area contributed by atoms with E-state index in [-0.39, 0.29) is 5.41 Å². The molecule has 0 aromatic heterocycles. The summed E-state index contributed by atoms with van der Waals surface area (Å²) >= 11 is 0. The highest BCUT2D eigenvalue weighted by Crippen LogP contribution is 2.61. The van der Waals surface area contributed by atoms with E-state index in [1.54, 1.807) is 7.11 Å². The zero-order valence-corrected chi connectivity index (χ0v) is 21.2. The molecule has 0 atom stereocenters. The number of fused-ring (bicyclic) bond motifs is 3. The predicted octanol–water partition coefficient (Wildman–Crippen LogP) is 8.23. The first-order valence-electron chi connectivity index (χ1n) is 13.2. The SMILES string of the molecule is CCCCCC12CCC(c3c(OC)cc(-c4ccc(CCC)cc4)c(C#N)c3C#N)(CC1)CC2. The number of benzene rings is 2. The van der Waals surface area contributed by atoms with Gasteiger partial charge in [0.15, 0.2) is 0 Å². The second-order valence-corrected chi connectivity index (χ2v) is 10.7. The van der Waals surface area contributed by atoms with Crippen LogP contribution in [0.25, 0.3) is 11.1 Å². The maximum absolute atomic E-state index is 10.3.